The van der Waals surface area contributed by atoms with Crippen molar-refractivity contribution in [2.45, 2.75) is 58.0 Å². The number of aromatic nitrogens is 2. The molecule has 3 aromatic carbocycles. The maximum atomic E-state index is 13.8. The highest BCUT2D eigenvalue weighted by molar-refractivity contribution is 6.03. The number of nitrogens with one attached hydrogen (secondary N) is 3. The molecule has 1 fully saturated rings. The van der Waals surface area contributed by atoms with E-state index in [1.165, 1.54) is 12.1 Å². The van der Waals surface area contributed by atoms with Gasteiger partial charge < -0.3 is 20.7 Å². The van der Waals surface area contributed by atoms with Crippen LogP contribution in [-0.2, 0) is 22.3 Å². The molecule has 12 heteroatoms. The minimum atomic E-state index is -4.81. The lowest BCUT2D eigenvalue weighted by molar-refractivity contribution is -0.141. The number of alkyl halides is 3. The van der Waals surface area contributed by atoms with E-state index in [0.29, 0.717) is 22.9 Å². The van der Waals surface area contributed by atoms with Gasteiger partial charge in [-0.2, -0.15) is 18.3 Å². The maximum absolute atomic E-state index is 13.8. The van der Waals surface area contributed by atoms with Crippen LogP contribution in [0.1, 0.15) is 72.5 Å². The number of nitrogens with zero attached hydrogens (tertiary/aromatic N) is 2. The molecule has 5 rings (SSSR count). The fourth-order valence-corrected chi connectivity index (χ4v) is 4.77. The van der Waals surface area contributed by atoms with Crippen LogP contribution in [0.5, 0.6) is 0 Å². The molecule has 4 aromatic rings. The molecule has 0 aliphatic heterocycles. The first-order valence-corrected chi connectivity index (χ1v) is 14.8. The van der Waals surface area contributed by atoms with Crippen molar-refractivity contribution in [1.29, 1.82) is 0 Å². The summed E-state index contributed by atoms with van der Waals surface area (Å²) in [4.78, 5) is 38.3. The van der Waals surface area contributed by atoms with E-state index < -0.39 is 35.5 Å². The second-order valence-corrected chi connectivity index (χ2v) is 12.1. The van der Waals surface area contributed by atoms with Gasteiger partial charge in [0.15, 0.2) is 5.69 Å². The van der Waals surface area contributed by atoms with Gasteiger partial charge in [-0.15, -0.1) is 0 Å². The lowest BCUT2D eigenvalue weighted by Crippen LogP contribution is -2.32. The molecule has 1 saturated carbocycles. The minimum Gasteiger partial charge on any atom is -0.444 e. The van der Waals surface area contributed by atoms with Crippen molar-refractivity contribution in [2.75, 3.05) is 5.32 Å². The molecule has 0 saturated heterocycles. The standard InChI is InChI=1S/C34H34F3N5O4/c1-33(2,3)46-32(45)38-20-21-9-7-14-26(17-21)42-27(19-28(41-42)34(35,36)37)31(44)39-25-13-8-12-24(18-25)29(22-10-5-4-6-11-22)40-30(43)23-15-16-23/h4-14,17-19,23,29H,15-16,20H2,1-3H3,(H,38,45)(H,39,44)(H,40,43). The Morgan fingerprint density at radius 1 is 0.913 bits per heavy atom. The molecule has 1 atom stereocenters. The van der Waals surface area contributed by atoms with Crippen LogP contribution in [0.2, 0.25) is 0 Å². The van der Waals surface area contributed by atoms with E-state index in [1.54, 1.807) is 51.1 Å². The van der Waals surface area contributed by atoms with Crippen LogP contribution >= 0.6 is 0 Å². The lowest BCUT2D eigenvalue weighted by Gasteiger charge is -2.21. The number of amides is 3. The zero-order chi connectivity index (χ0) is 33.1. The molecule has 0 spiro atoms. The van der Waals surface area contributed by atoms with Gasteiger partial charge in [-0.3, -0.25) is 9.59 Å². The van der Waals surface area contributed by atoms with Gasteiger partial charge in [-0.1, -0.05) is 54.6 Å². The van der Waals surface area contributed by atoms with Crippen LogP contribution < -0.4 is 16.0 Å². The van der Waals surface area contributed by atoms with Crippen molar-refractivity contribution in [3.63, 3.8) is 0 Å². The van der Waals surface area contributed by atoms with Crippen LogP contribution in [0.25, 0.3) is 5.69 Å². The summed E-state index contributed by atoms with van der Waals surface area (Å²) in [5.74, 6) is -0.907. The summed E-state index contributed by atoms with van der Waals surface area (Å²) in [5.41, 5.74) is 0.287. The third-order valence-corrected chi connectivity index (χ3v) is 7.07. The average Bonchev–Trinajstić information content (AvgIpc) is 3.75. The maximum Gasteiger partial charge on any atom is 0.435 e. The van der Waals surface area contributed by atoms with Gasteiger partial charge in [0, 0.05) is 24.2 Å². The Morgan fingerprint density at radius 2 is 1.61 bits per heavy atom. The topological polar surface area (TPSA) is 114 Å². The first kappa shape index (κ1) is 32.3. The highest BCUT2D eigenvalue weighted by Crippen LogP contribution is 2.33. The number of hydrogen-bond acceptors (Lipinski definition) is 5. The lowest BCUT2D eigenvalue weighted by atomic mass is 9.98. The Hall–Kier alpha value is -5.13. The van der Waals surface area contributed by atoms with Crippen molar-refractivity contribution in [3.05, 3.63) is 113 Å². The molecule has 0 bridgehead atoms. The molecule has 9 nitrogen and oxygen atoms in total. The number of anilines is 1. The predicted octanol–water partition coefficient (Wildman–Crippen LogP) is 6.78. The average molecular weight is 634 g/mol. The monoisotopic (exact) mass is 633 g/mol. The zero-order valence-corrected chi connectivity index (χ0v) is 25.5. The Labute approximate surface area is 264 Å². The summed E-state index contributed by atoms with van der Waals surface area (Å²) < 4.78 is 47.5. The van der Waals surface area contributed by atoms with Crippen LogP contribution in [0, 0.1) is 5.92 Å². The van der Waals surface area contributed by atoms with E-state index in [1.807, 2.05) is 36.4 Å². The second-order valence-electron chi connectivity index (χ2n) is 12.1. The normalized spacial score (nSPS) is 13.9. The van der Waals surface area contributed by atoms with Crippen LogP contribution in [0.4, 0.5) is 23.7 Å². The van der Waals surface area contributed by atoms with Gasteiger partial charge in [-0.05, 0) is 74.6 Å². The molecule has 1 heterocycles. The Morgan fingerprint density at radius 3 is 2.28 bits per heavy atom. The third-order valence-electron chi connectivity index (χ3n) is 7.07. The molecule has 3 amide bonds. The number of rotatable bonds is 9. The van der Waals surface area contributed by atoms with Gasteiger partial charge in [0.25, 0.3) is 5.91 Å². The van der Waals surface area contributed by atoms with Crippen molar-refractivity contribution in [1.82, 2.24) is 20.4 Å². The molecule has 1 unspecified atom stereocenters. The predicted molar refractivity (Wildman–Crippen MR) is 165 cm³/mol. The van der Waals surface area contributed by atoms with E-state index in [9.17, 15) is 27.6 Å². The second kappa shape index (κ2) is 13.1. The number of benzene rings is 3. The Kier molecular flexibility index (Phi) is 9.17. The minimum absolute atomic E-state index is 0.0243. The van der Waals surface area contributed by atoms with Crippen molar-refractivity contribution in [3.8, 4) is 5.69 Å². The Balaban J connectivity index is 1.40. The summed E-state index contributed by atoms with van der Waals surface area (Å²) in [6, 6.07) is 22.6. The van der Waals surface area contributed by atoms with Crippen LogP contribution in [-0.4, -0.2) is 33.3 Å². The molecule has 0 radical (unpaired) electrons. The van der Waals surface area contributed by atoms with Crippen LogP contribution in [0.15, 0.2) is 84.9 Å². The summed E-state index contributed by atoms with van der Waals surface area (Å²) in [6.07, 6.45) is -3.79. The Bertz CT molecular complexity index is 1730. The molecule has 1 aliphatic rings. The first-order valence-electron chi connectivity index (χ1n) is 14.8. The number of alkyl carbamates (subject to hydrolysis) is 1. The molecule has 1 aromatic heterocycles. The van der Waals surface area contributed by atoms with E-state index in [4.69, 9.17) is 4.74 Å². The number of ether oxygens (including phenoxy) is 1. The number of hydrogen-bond donors (Lipinski definition) is 3. The largest absolute Gasteiger partial charge is 0.444 e. The van der Waals surface area contributed by atoms with Gasteiger partial charge in [0.1, 0.15) is 11.3 Å². The molecular formula is C34H34F3N5O4. The fourth-order valence-electron chi connectivity index (χ4n) is 4.77. The quantitative estimate of drug-likeness (QED) is 0.188. The molecule has 46 heavy (non-hydrogen) atoms. The summed E-state index contributed by atoms with van der Waals surface area (Å²) >= 11 is 0. The molecule has 240 valence electrons. The highest BCUT2D eigenvalue weighted by atomic mass is 19.4. The van der Waals surface area contributed by atoms with Crippen molar-refractivity contribution in [2.24, 2.45) is 5.92 Å². The zero-order valence-electron chi connectivity index (χ0n) is 25.5. The summed E-state index contributed by atoms with van der Waals surface area (Å²) in [6.45, 7) is 5.20. The van der Waals surface area contributed by atoms with E-state index in [0.717, 1.165) is 23.1 Å². The molecular weight excluding hydrogens is 599 g/mol. The number of carbonyl (C=O) groups is 3. The van der Waals surface area contributed by atoms with Gasteiger partial charge in [-0.25, -0.2) is 9.48 Å². The summed E-state index contributed by atoms with van der Waals surface area (Å²) in [7, 11) is 0. The number of halogens is 3. The number of carbonyl (C=O) groups excluding carboxylic acids is 3. The smallest absolute Gasteiger partial charge is 0.435 e. The summed E-state index contributed by atoms with van der Waals surface area (Å²) in [5, 5.41) is 12.1. The first-order chi connectivity index (χ1) is 21.8. The van der Waals surface area contributed by atoms with E-state index >= 15 is 0 Å². The fraction of sp³-hybridized carbons (Fsp3) is 0.294. The van der Waals surface area contributed by atoms with Crippen LogP contribution in [0.3, 0.4) is 0 Å². The van der Waals surface area contributed by atoms with Gasteiger partial charge in [0.2, 0.25) is 5.91 Å². The van der Waals surface area contributed by atoms with E-state index in [-0.39, 0.29) is 29.8 Å². The van der Waals surface area contributed by atoms with Gasteiger partial charge in [0.05, 0.1) is 11.7 Å². The highest BCUT2D eigenvalue weighted by Gasteiger charge is 2.36. The molecule has 1 aliphatic carbocycles. The molecule has 3 N–H and O–H groups in total. The van der Waals surface area contributed by atoms with Crippen molar-refractivity contribution >= 4 is 23.6 Å². The van der Waals surface area contributed by atoms with Gasteiger partial charge >= 0.3 is 12.3 Å². The van der Waals surface area contributed by atoms with Crippen molar-refractivity contribution < 1.29 is 32.3 Å². The van der Waals surface area contributed by atoms with E-state index in [2.05, 4.69) is 21.0 Å². The SMILES string of the molecule is CC(C)(C)OC(=O)NCc1cccc(-n2nc(C(F)(F)F)cc2C(=O)Nc2cccc(C(NC(=O)C3CC3)c3ccccc3)c2)c1. The third kappa shape index (κ3) is 8.32.